The third kappa shape index (κ3) is 3.22. The number of amides is 1. The smallest absolute Gasteiger partial charge is 0.354 e. The van der Waals surface area contributed by atoms with Crippen LogP contribution in [0.3, 0.4) is 0 Å². The number of anilines is 1. The first-order valence-electron chi connectivity index (χ1n) is 8.53. The zero-order valence-corrected chi connectivity index (χ0v) is 14.2. The second kappa shape index (κ2) is 6.47. The Morgan fingerprint density at radius 2 is 1.96 bits per heavy atom. The first-order chi connectivity index (χ1) is 12.8. The molecule has 0 spiro atoms. The van der Waals surface area contributed by atoms with Crippen molar-refractivity contribution in [3.05, 3.63) is 53.7 Å². The maximum atomic E-state index is 13.9. The van der Waals surface area contributed by atoms with E-state index in [-0.39, 0.29) is 23.4 Å². The minimum absolute atomic E-state index is 0.0169. The van der Waals surface area contributed by atoms with Gasteiger partial charge in [-0.1, -0.05) is 0 Å². The Labute approximate surface area is 152 Å². The molecule has 27 heavy (non-hydrogen) atoms. The second-order valence-corrected chi connectivity index (χ2v) is 6.78. The van der Waals surface area contributed by atoms with Crippen LogP contribution in [0.15, 0.2) is 36.8 Å². The van der Waals surface area contributed by atoms with Gasteiger partial charge in [-0.2, -0.15) is 13.2 Å². The lowest BCUT2D eigenvalue weighted by molar-refractivity contribution is -0.137. The molecular formula is C18H16F4N4O. The summed E-state index contributed by atoms with van der Waals surface area (Å²) in [5.41, 5.74) is -0.813. The first kappa shape index (κ1) is 17.7. The average Bonchev–Trinajstić information content (AvgIpc) is 3.21. The molecule has 0 aromatic carbocycles. The third-order valence-corrected chi connectivity index (χ3v) is 5.21. The Balaban J connectivity index is 1.50. The molecule has 0 radical (unpaired) electrons. The molecule has 9 heteroatoms. The Morgan fingerprint density at radius 1 is 1.15 bits per heavy atom. The van der Waals surface area contributed by atoms with Crippen molar-refractivity contribution in [1.82, 2.24) is 14.9 Å². The van der Waals surface area contributed by atoms with Crippen LogP contribution in [0, 0.1) is 11.7 Å². The molecule has 0 N–H and O–H groups in total. The predicted molar refractivity (Wildman–Crippen MR) is 88.6 cm³/mol. The van der Waals surface area contributed by atoms with Crippen LogP contribution in [0.5, 0.6) is 0 Å². The van der Waals surface area contributed by atoms with Gasteiger partial charge in [-0.15, -0.1) is 0 Å². The number of rotatable bonds is 2. The van der Waals surface area contributed by atoms with Crippen LogP contribution in [0.1, 0.15) is 22.3 Å². The van der Waals surface area contributed by atoms with E-state index in [4.69, 9.17) is 0 Å². The van der Waals surface area contributed by atoms with E-state index in [9.17, 15) is 22.4 Å². The van der Waals surface area contributed by atoms with Crippen molar-refractivity contribution in [2.24, 2.45) is 5.92 Å². The molecule has 1 amide bonds. The molecule has 2 saturated heterocycles. The van der Waals surface area contributed by atoms with Gasteiger partial charge in [-0.05, 0) is 24.6 Å². The molecule has 2 fully saturated rings. The fourth-order valence-corrected chi connectivity index (χ4v) is 3.84. The lowest BCUT2D eigenvalue weighted by Crippen LogP contribution is -2.40. The van der Waals surface area contributed by atoms with Crippen molar-refractivity contribution in [3.63, 3.8) is 0 Å². The molecule has 0 aliphatic carbocycles. The van der Waals surface area contributed by atoms with Crippen molar-refractivity contribution in [1.29, 1.82) is 0 Å². The first-order valence-corrected chi connectivity index (χ1v) is 8.53. The van der Waals surface area contributed by atoms with Crippen molar-refractivity contribution in [2.75, 3.05) is 24.5 Å². The van der Waals surface area contributed by atoms with Crippen molar-refractivity contribution < 1.29 is 22.4 Å². The fourth-order valence-electron chi connectivity index (χ4n) is 3.84. The van der Waals surface area contributed by atoms with E-state index in [1.807, 2.05) is 4.90 Å². The highest BCUT2D eigenvalue weighted by molar-refractivity contribution is 5.94. The van der Waals surface area contributed by atoms with Crippen LogP contribution in [-0.4, -0.2) is 46.5 Å². The fraction of sp³-hybridized carbons (Fsp3) is 0.389. The van der Waals surface area contributed by atoms with Crippen LogP contribution in [-0.2, 0) is 6.18 Å². The molecule has 0 bridgehead atoms. The zero-order chi connectivity index (χ0) is 19.2. The Morgan fingerprint density at radius 3 is 2.63 bits per heavy atom. The van der Waals surface area contributed by atoms with Gasteiger partial charge in [0.1, 0.15) is 5.82 Å². The third-order valence-electron chi connectivity index (χ3n) is 5.21. The van der Waals surface area contributed by atoms with Gasteiger partial charge >= 0.3 is 6.18 Å². The molecule has 5 nitrogen and oxygen atoms in total. The minimum atomic E-state index is -4.43. The maximum absolute atomic E-state index is 13.9. The monoisotopic (exact) mass is 380 g/mol. The molecule has 2 aromatic rings. The average molecular weight is 380 g/mol. The molecule has 0 saturated carbocycles. The van der Waals surface area contributed by atoms with Gasteiger partial charge in [0.2, 0.25) is 0 Å². The van der Waals surface area contributed by atoms with Gasteiger partial charge in [0, 0.05) is 37.9 Å². The lowest BCUT2D eigenvalue weighted by atomic mass is 10.0. The molecule has 2 aliphatic rings. The Kier molecular flexibility index (Phi) is 4.24. The lowest BCUT2D eigenvalue weighted by Gasteiger charge is -2.25. The number of halogens is 4. The summed E-state index contributed by atoms with van der Waals surface area (Å²) in [4.78, 5) is 23.8. The van der Waals surface area contributed by atoms with Crippen molar-refractivity contribution in [2.45, 2.75) is 18.6 Å². The van der Waals surface area contributed by atoms with Crippen LogP contribution in [0.2, 0.25) is 0 Å². The Bertz CT molecular complexity index is 855. The molecule has 2 unspecified atom stereocenters. The highest BCUT2D eigenvalue weighted by atomic mass is 19.4. The molecule has 4 rings (SSSR count). The molecule has 2 aromatic heterocycles. The molecule has 142 valence electrons. The van der Waals surface area contributed by atoms with Crippen molar-refractivity contribution >= 4 is 11.7 Å². The van der Waals surface area contributed by atoms with Gasteiger partial charge in [-0.25, -0.2) is 9.37 Å². The molecule has 4 heterocycles. The summed E-state index contributed by atoms with van der Waals surface area (Å²) < 4.78 is 51.9. The van der Waals surface area contributed by atoms with Crippen LogP contribution in [0.25, 0.3) is 0 Å². The summed E-state index contributed by atoms with van der Waals surface area (Å²) in [5, 5.41) is 0. The van der Waals surface area contributed by atoms with Gasteiger partial charge in [0.25, 0.3) is 5.91 Å². The summed E-state index contributed by atoms with van der Waals surface area (Å²) in [5.74, 6) is -0.419. The molecule has 2 atom stereocenters. The van der Waals surface area contributed by atoms with Gasteiger partial charge in [0.15, 0.2) is 5.82 Å². The van der Waals surface area contributed by atoms with E-state index < -0.39 is 17.6 Å². The van der Waals surface area contributed by atoms with Gasteiger partial charge in [-0.3, -0.25) is 9.78 Å². The summed E-state index contributed by atoms with van der Waals surface area (Å²) in [6.07, 6.45) is -0.464. The maximum Gasteiger partial charge on any atom is 0.417 e. The number of aromatic nitrogens is 2. The predicted octanol–water partition coefficient (Wildman–Crippen LogP) is 2.99. The van der Waals surface area contributed by atoms with Crippen LogP contribution < -0.4 is 4.90 Å². The van der Waals surface area contributed by atoms with Crippen LogP contribution in [0.4, 0.5) is 23.4 Å². The summed E-state index contributed by atoms with van der Waals surface area (Å²) in [6.45, 7) is 1.59. The number of carbonyl (C=O) groups excluding carboxylic acids is 1. The number of hydrogen-bond acceptors (Lipinski definition) is 4. The zero-order valence-electron chi connectivity index (χ0n) is 14.2. The highest BCUT2D eigenvalue weighted by Crippen LogP contribution is 2.35. The Hall–Kier alpha value is -2.71. The number of likely N-dealkylation sites (tertiary alicyclic amines) is 1. The standard InChI is InChI=1S/C18H16F4N4O/c19-14-8-23-5-3-13(14)17(27)26-6-4-11-9-25(10-15(11)26)16-2-1-12(7-24-16)18(20,21)22/h1-3,5,7-8,11,15H,4,6,9-10H2. The quantitative estimate of drug-likeness (QED) is 0.752. The van der Waals surface area contributed by atoms with E-state index in [0.29, 0.717) is 25.5 Å². The van der Waals surface area contributed by atoms with Gasteiger partial charge in [0.05, 0.1) is 23.4 Å². The topological polar surface area (TPSA) is 49.3 Å². The van der Waals surface area contributed by atoms with Gasteiger partial charge < -0.3 is 9.80 Å². The van der Waals surface area contributed by atoms with E-state index in [1.165, 1.54) is 18.3 Å². The number of pyridine rings is 2. The van der Waals surface area contributed by atoms with E-state index in [2.05, 4.69) is 9.97 Å². The molecular weight excluding hydrogens is 364 g/mol. The SMILES string of the molecule is O=C(c1ccncc1F)N1CCC2CN(c3ccc(C(F)(F)F)cn3)CC21. The van der Waals surface area contributed by atoms with Crippen molar-refractivity contribution in [3.8, 4) is 0 Å². The van der Waals surface area contributed by atoms with E-state index in [1.54, 1.807) is 4.90 Å². The number of alkyl halides is 3. The second-order valence-electron chi connectivity index (χ2n) is 6.78. The van der Waals surface area contributed by atoms with E-state index in [0.717, 1.165) is 24.9 Å². The normalized spacial score (nSPS) is 22.2. The summed E-state index contributed by atoms with van der Waals surface area (Å²) >= 11 is 0. The highest BCUT2D eigenvalue weighted by Gasteiger charge is 2.44. The largest absolute Gasteiger partial charge is 0.417 e. The van der Waals surface area contributed by atoms with Crippen LogP contribution >= 0.6 is 0 Å². The number of nitrogens with zero attached hydrogens (tertiary/aromatic N) is 4. The number of fused-ring (bicyclic) bond motifs is 1. The number of carbonyl (C=O) groups is 1. The minimum Gasteiger partial charge on any atom is -0.354 e. The summed E-state index contributed by atoms with van der Waals surface area (Å²) in [7, 11) is 0. The van der Waals surface area contributed by atoms with E-state index >= 15 is 0 Å². The number of hydrogen-bond donors (Lipinski definition) is 0. The molecule has 2 aliphatic heterocycles. The summed E-state index contributed by atoms with van der Waals surface area (Å²) in [6, 6.07) is 3.59.